The van der Waals surface area contributed by atoms with Gasteiger partial charge in [-0.3, -0.25) is 19.3 Å². The molecular weight excluding hydrogens is 262 g/mol. The minimum absolute atomic E-state index is 0.128. The van der Waals surface area contributed by atoms with Crippen molar-refractivity contribution in [2.75, 3.05) is 20.1 Å². The molecule has 112 valence electrons. The van der Waals surface area contributed by atoms with E-state index in [1.54, 1.807) is 27.7 Å². The van der Waals surface area contributed by atoms with Gasteiger partial charge in [0.05, 0.1) is 6.04 Å². The molecule has 0 aliphatic carbocycles. The normalized spacial score (nSPS) is 18.1. The van der Waals surface area contributed by atoms with Gasteiger partial charge < -0.3 is 10.2 Å². The number of rotatable bonds is 2. The quantitative estimate of drug-likeness (QED) is 0.723. The van der Waals surface area contributed by atoms with Crippen LogP contribution in [-0.4, -0.2) is 59.6 Å². The Bertz CT molecular complexity index is 453. The van der Waals surface area contributed by atoms with Crippen molar-refractivity contribution in [2.45, 2.75) is 33.7 Å². The van der Waals surface area contributed by atoms with E-state index in [0.29, 0.717) is 6.54 Å². The third kappa shape index (κ3) is 3.34. The number of amides is 4. The average Bonchev–Trinajstić information content (AvgIpc) is 2.33. The lowest BCUT2D eigenvalue weighted by molar-refractivity contribution is -0.152. The summed E-state index contributed by atoms with van der Waals surface area (Å²) in [5.41, 5.74) is -0.589. The number of urea groups is 1. The summed E-state index contributed by atoms with van der Waals surface area (Å²) in [6.07, 6.45) is 0. The van der Waals surface area contributed by atoms with Crippen molar-refractivity contribution in [3.05, 3.63) is 0 Å². The van der Waals surface area contributed by atoms with Crippen LogP contribution < -0.4 is 5.32 Å². The Morgan fingerprint density at radius 2 is 1.70 bits per heavy atom. The van der Waals surface area contributed by atoms with E-state index in [1.807, 2.05) is 0 Å². The van der Waals surface area contributed by atoms with E-state index in [1.165, 1.54) is 11.9 Å². The summed E-state index contributed by atoms with van der Waals surface area (Å²) in [5, 5.41) is 2.47. The van der Waals surface area contributed by atoms with Crippen LogP contribution in [0.1, 0.15) is 27.7 Å². The highest BCUT2D eigenvalue weighted by Gasteiger charge is 2.36. The van der Waals surface area contributed by atoms with Crippen LogP contribution in [0.3, 0.4) is 0 Å². The molecule has 20 heavy (non-hydrogen) atoms. The van der Waals surface area contributed by atoms with Gasteiger partial charge in [-0.1, -0.05) is 20.8 Å². The van der Waals surface area contributed by atoms with Gasteiger partial charge in [0.25, 0.3) is 0 Å². The number of nitrogens with one attached hydrogen (secondary N) is 1. The number of nitrogens with zero attached hydrogens (tertiary/aromatic N) is 2. The Morgan fingerprint density at radius 3 is 2.20 bits per heavy atom. The zero-order valence-electron chi connectivity index (χ0n) is 12.5. The van der Waals surface area contributed by atoms with E-state index in [2.05, 4.69) is 5.32 Å². The van der Waals surface area contributed by atoms with Crippen LogP contribution >= 0.6 is 0 Å². The molecule has 1 aliphatic rings. The summed E-state index contributed by atoms with van der Waals surface area (Å²) < 4.78 is 0. The number of Topliss-reactive ketones (excluding diaryl/α,β-unsaturated/α-hetero) is 1. The van der Waals surface area contributed by atoms with Gasteiger partial charge in [-0.15, -0.1) is 0 Å². The van der Waals surface area contributed by atoms with Crippen molar-refractivity contribution >= 4 is 23.6 Å². The summed E-state index contributed by atoms with van der Waals surface area (Å²) in [6.45, 7) is 7.24. The first-order valence-electron chi connectivity index (χ1n) is 6.47. The van der Waals surface area contributed by atoms with Crippen LogP contribution in [0.25, 0.3) is 0 Å². The molecule has 1 atom stereocenters. The molecule has 0 radical (unpaired) electrons. The molecule has 1 N–H and O–H groups in total. The van der Waals surface area contributed by atoms with E-state index in [0.717, 1.165) is 4.90 Å². The molecule has 7 heteroatoms. The number of carbonyl (C=O) groups excluding carboxylic acids is 4. The first-order chi connectivity index (χ1) is 9.05. The molecule has 0 aromatic rings. The Morgan fingerprint density at radius 1 is 1.15 bits per heavy atom. The Kier molecular flexibility index (Phi) is 4.52. The largest absolute Gasteiger partial charge is 0.336 e. The second kappa shape index (κ2) is 5.60. The standard InChI is InChI=1S/C13H21N3O4/c1-8(9(17)13(2,3)4)14-12(20)16-7-6-15(5)10(18)11(16)19/h8H,6-7H2,1-5H3,(H,14,20). The zero-order valence-corrected chi connectivity index (χ0v) is 12.5. The van der Waals surface area contributed by atoms with Gasteiger partial charge in [0.15, 0.2) is 5.78 Å². The van der Waals surface area contributed by atoms with Gasteiger partial charge in [0.2, 0.25) is 0 Å². The van der Waals surface area contributed by atoms with Crippen LogP contribution in [0.4, 0.5) is 4.79 Å². The number of imide groups is 1. The van der Waals surface area contributed by atoms with Gasteiger partial charge in [0, 0.05) is 25.6 Å². The number of carbonyl (C=O) groups is 4. The number of ketones is 1. The first-order valence-corrected chi connectivity index (χ1v) is 6.47. The molecule has 7 nitrogen and oxygen atoms in total. The van der Waals surface area contributed by atoms with Gasteiger partial charge >= 0.3 is 17.8 Å². The van der Waals surface area contributed by atoms with Crippen LogP contribution in [0, 0.1) is 5.41 Å². The van der Waals surface area contributed by atoms with Crippen molar-refractivity contribution in [1.29, 1.82) is 0 Å². The SMILES string of the molecule is CC(NC(=O)N1CCN(C)C(=O)C1=O)C(=O)C(C)(C)C. The Labute approximate surface area is 118 Å². The molecule has 4 amide bonds. The molecule has 1 fully saturated rings. The molecule has 0 bridgehead atoms. The molecule has 0 spiro atoms. The van der Waals surface area contributed by atoms with Crippen molar-refractivity contribution in [2.24, 2.45) is 5.41 Å². The van der Waals surface area contributed by atoms with Gasteiger partial charge in [-0.25, -0.2) is 4.79 Å². The zero-order chi connectivity index (χ0) is 15.7. The maximum atomic E-state index is 12.0. The molecule has 1 heterocycles. The van der Waals surface area contributed by atoms with E-state index >= 15 is 0 Å². The predicted molar refractivity (Wildman–Crippen MR) is 71.8 cm³/mol. The number of piperazine rings is 1. The molecule has 1 saturated heterocycles. The summed E-state index contributed by atoms with van der Waals surface area (Å²) in [7, 11) is 1.50. The lowest BCUT2D eigenvalue weighted by atomic mass is 9.87. The summed E-state index contributed by atoms with van der Waals surface area (Å²) in [4.78, 5) is 49.3. The van der Waals surface area contributed by atoms with Crippen LogP contribution in [0.2, 0.25) is 0 Å². The van der Waals surface area contributed by atoms with Crippen LogP contribution in [0.15, 0.2) is 0 Å². The summed E-state index contributed by atoms with van der Waals surface area (Å²) in [5.74, 6) is -1.73. The molecule has 1 aliphatic heterocycles. The lowest BCUT2D eigenvalue weighted by Gasteiger charge is -2.31. The van der Waals surface area contributed by atoms with Gasteiger partial charge in [0.1, 0.15) is 0 Å². The van der Waals surface area contributed by atoms with E-state index in [4.69, 9.17) is 0 Å². The minimum Gasteiger partial charge on any atom is -0.336 e. The maximum absolute atomic E-state index is 12.0. The van der Waals surface area contributed by atoms with E-state index in [-0.39, 0.29) is 12.3 Å². The number of hydrogen-bond acceptors (Lipinski definition) is 4. The third-order valence-corrected chi connectivity index (χ3v) is 3.15. The fraction of sp³-hybridized carbons (Fsp3) is 0.692. The highest BCUT2D eigenvalue weighted by molar-refractivity contribution is 6.38. The molecular formula is C13H21N3O4. The molecule has 0 aromatic heterocycles. The topological polar surface area (TPSA) is 86.8 Å². The number of hydrogen-bond donors (Lipinski definition) is 1. The number of likely N-dealkylation sites (N-methyl/N-ethyl adjacent to an activating group) is 1. The van der Waals surface area contributed by atoms with Crippen molar-refractivity contribution in [3.8, 4) is 0 Å². The maximum Gasteiger partial charge on any atom is 0.325 e. The van der Waals surface area contributed by atoms with E-state index < -0.39 is 29.3 Å². The Hall–Kier alpha value is -1.92. The van der Waals surface area contributed by atoms with Crippen molar-refractivity contribution in [3.63, 3.8) is 0 Å². The summed E-state index contributed by atoms with van der Waals surface area (Å²) >= 11 is 0. The van der Waals surface area contributed by atoms with E-state index in [9.17, 15) is 19.2 Å². The molecule has 0 saturated carbocycles. The fourth-order valence-electron chi connectivity index (χ4n) is 1.90. The minimum atomic E-state index is -0.869. The predicted octanol–water partition coefficient (Wildman–Crippen LogP) is 0.000300. The first kappa shape index (κ1) is 16.1. The molecule has 1 unspecified atom stereocenters. The van der Waals surface area contributed by atoms with Gasteiger partial charge in [-0.2, -0.15) is 0 Å². The van der Waals surface area contributed by atoms with Crippen molar-refractivity contribution < 1.29 is 19.2 Å². The van der Waals surface area contributed by atoms with Gasteiger partial charge in [-0.05, 0) is 6.92 Å². The third-order valence-electron chi connectivity index (χ3n) is 3.15. The highest BCUT2D eigenvalue weighted by atomic mass is 16.2. The second-order valence-corrected chi connectivity index (χ2v) is 5.97. The molecule has 1 rings (SSSR count). The van der Waals surface area contributed by atoms with Crippen molar-refractivity contribution in [1.82, 2.24) is 15.1 Å². The van der Waals surface area contributed by atoms with Crippen LogP contribution in [-0.2, 0) is 14.4 Å². The second-order valence-electron chi connectivity index (χ2n) is 5.97. The fourth-order valence-corrected chi connectivity index (χ4v) is 1.90. The smallest absolute Gasteiger partial charge is 0.325 e. The highest BCUT2D eigenvalue weighted by Crippen LogP contribution is 2.17. The average molecular weight is 283 g/mol. The Balaban J connectivity index is 2.70. The lowest BCUT2D eigenvalue weighted by Crippen LogP contribution is -2.59. The molecule has 0 aromatic carbocycles. The van der Waals surface area contributed by atoms with Crippen LogP contribution in [0.5, 0.6) is 0 Å². The monoisotopic (exact) mass is 283 g/mol. The summed E-state index contributed by atoms with van der Waals surface area (Å²) in [6, 6.07) is -1.42.